The Bertz CT molecular complexity index is 501. The molecule has 0 heterocycles. The Balaban J connectivity index is 2.36. The highest BCUT2D eigenvalue weighted by molar-refractivity contribution is 5.96. The maximum Gasteiger partial charge on any atom is 0.416 e. The number of esters is 1. The first kappa shape index (κ1) is 11.7. The molecule has 1 aromatic carbocycles. The summed E-state index contributed by atoms with van der Waals surface area (Å²) in [5.41, 5.74) is 0.805. The fraction of sp³-hybridized carbons (Fsp3) is 0.250. The predicted molar refractivity (Wildman–Crippen MR) is 55.1 cm³/mol. The first-order valence-corrected chi connectivity index (χ1v) is 4.91. The van der Waals surface area contributed by atoms with Gasteiger partial charge in [-0.15, -0.1) is 0 Å². The number of carbonyl (C=O) groups is 1. The molecule has 0 aromatic heterocycles. The molecule has 0 amide bonds. The van der Waals surface area contributed by atoms with E-state index >= 15 is 0 Å². The van der Waals surface area contributed by atoms with Gasteiger partial charge in [-0.05, 0) is 29.3 Å². The molecule has 2 rings (SSSR count). The highest BCUT2D eigenvalue weighted by Gasteiger charge is 2.31. The molecule has 0 bridgehead atoms. The minimum Gasteiger partial charge on any atom is -0.466 e. The van der Waals surface area contributed by atoms with Gasteiger partial charge in [0.15, 0.2) is 0 Å². The third-order valence-corrected chi connectivity index (χ3v) is 2.63. The number of alkyl halides is 3. The molecule has 0 N–H and O–H groups in total. The monoisotopic (exact) mass is 242 g/mol. The molecule has 5 heteroatoms. The van der Waals surface area contributed by atoms with Gasteiger partial charge in [0, 0.05) is 12.0 Å². The van der Waals surface area contributed by atoms with Crippen LogP contribution in [0.4, 0.5) is 13.2 Å². The number of hydrogen-bond donors (Lipinski definition) is 0. The Morgan fingerprint density at radius 1 is 1.35 bits per heavy atom. The van der Waals surface area contributed by atoms with Crippen molar-refractivity contribution in [2.45, 2.75) is 12.6 Å². The van der Waals surface area contributed by atoms with Gasteiger partial charge in [-0.2, -0.15) is 13.2 Å². The predicted octanol–water partition coefficient (Wildman–Crippen LogP) is 2.82. The van der Waals surface area contributed by atoms with E-state index in [4.69, 9.17) is 0 Å². The van der Waals surface area contributed by atoms with Crippen LogP contribution in [0.15, 0.2) is 23.8 Å². The van der Waals surface area contributed by atoms with Gasteiger partial charge in [0.1, 0.15) is 0 Å². The van der Waals surface area contributed by atoms with Crippen LogP contribution in [0.25, 0.3) is 6.08 Å². The standard InChI is InChI=1S/C12H9F3O2/c1-17-11(16)9-4-7-2-3-10(12(13,14)15)6-8(7)5-9/h2-3,5-6H,4H2,1H3. The van der Waals surface area contributed by atoms with Crippen molar-refractivity contribution in [3.8, 4) is 0 Å². The molecule has 1 aromatic rings. The van der Waals surface area contributed by atoms with E-state index in [0.29, 0.717) is 23.1 Å². The van der Waals surface area contributed by atoms with Crippen LogP contribution in [-0.2, 0) is 22.1 Å². The molecule has 17 heavy (non-hydrogen) atoms. The normalized spacial score (nSPS) is 14.2. The number of ether oxygens (including phenoxy) is 1. The fourth-order valence-electron chi connectivity index (χ4n) is 1.77. The molecule has 0 unspecified atom stereocenters. The Kier molecular flexibility index (Phi) is 2.69. The molecule has 0 spiro atoms. The van der Waals surface area contributed by atoms with Crippen molar-refractivity contribution < 1.29 is 22.7 Å². The van der Waals surface area contributed by atoms with Crippen molar-refractivity contribution in [3.05, 3.63) is 40.5 Å². The van der Waals surface area contributed by atoms with Crippen LogP contribution in [0.2, 0.25) is 0 Å². The lowest BCUT2D eigenvalue weighted by Gasteiger charge is -2.07. The molecule has 0 saturated carbocycles. The third kappa shape index (κ3) is 2.18. The molecule has 0 saturated heterocycles. The maximum absolute atomic E-state index is 12.5. The van der Waals surface area contributed by atoms with E-state index in [1.54, 1.807) is 0 Å². The van der Waals surface area contributed by atoms with Gasteiger partial charge in [-0.25, -0.2) is 4.79 Å². The van der Waals surface area contributed by atoms with E-state index in [-0.39, 0.29) is 0 Å². The summed E-state index contributed by atoms with van der Waals surface area (Å²) >= 11 is 0. The number of methoxy groups -OCH3 is 1. The molecule has 2 nitrogen and oxygen atoms in total. The molecule has 0 fully saturated rings. The topological polar surface area (TPSA) is 26.3 Å². The highest BCUT2D eigenvalue weighted by Crippen LogP contribution is 2.34. The SMILES string of the molecule is COC(=O)C1=Cc2cc(C(F)(F)F)ccc2C1. The molecule has 90 valence electrons. The molecule has 1 aliphatic rings. The van der Waals surface area contributed by atoms with Crippen LogP contribution in [0.1, 0.15) is 16.7 Å². The molecule has 0 atom stereocenters. The van der Waals surface area contributed by atoms with E-state index in [0.717, 1.165) is 12.1 Å². The first-order valence-electron chi connectivity index (χ1n) is 4.91. The van der Waals surface area contributed by atoms with Crippen molar-refractivity contribution in [1.29, 1.82) is 0 Å². The van der Waals surface area contributed by atoms with Crippen molar-refractivity contribution in [2.24, 2.45) is 0 Å². The summed E-state index contributed by atoms with van der Waals surface area (Å²) in [6, 6.07) is 3.46. The number of carbonyl (C=O) groups excluding carboxylic acids is 1. The van der Waals surface area contributed by atoms with E-state index in [1.807, 2.05) is 0 Å². The number of halogens is 3. The lowest BCUT2D eigenvalue weighted by molar-refractivity contribution is -0.138. The Morgan fingerprint density at radius 2 is 2.06 bits per heavy atom. The van der Waals surface area contributed by atoms with Gasteiger partial charge in [-0.1, -0.05) is 6.07 Å². The molecular formula is C12H9F3O2. The molecule has 0 radical (unpaired) electrons. The average molecular weight is 242 g/mol. The highest BCUT2D eigenvalue weighted by atomic mass is 19.4. The van der Waals surface area contributed by atoms with Gasteiger partial charge >= 0.3 is 12.1 Å². The Hall–Kier alpha value is -1.78. The minimum absolute atomic E-state index is 0.320. The number of fused-ring (bicyclic) bond motifs is 1. The summed E-state index contributed by atoms with van der Waals surface area (Å²) in [6.07, 6.45) is -2.60. The fourth-order valence-corrected chi connectivity index (χ4v) is 1.77. The van der Waals surface area contributed by atoms with Crippen molar-refractivity contribution >= 4 is 12.0 Å². The van der Waals surface area contributed by atoms with E-state index in [2.05, 4.69) is 4.74 Å². The van der Waals surface area contributed by atoms with Crippen LogP contribution in [0.3, 0.4) is 0 Å². The Labute approximate surface area is 95.7 Å². The van der Waals surface area contributed by atoms with Crippen LogP contribution in [-0.4, -0.2) is 13.1 Å². The smallest absolute Gasteiger partial charge is 0.416 e. The lowest BCUT2D eigenvalue weighted by atomic mass is 10.1. The van der Waals surface area contributed by atoms with Crippen molar-refractivity contribution in [3.63, 3.8) is 0 Å². The van der Waals surface area contributed by atoms with E-state index < -0.39 is 17.7 Å². The van der Waals surface area contributed by atoms with E-state index in [1.165, 1.54) is 19.3 Å². The van der Waals surface area contributed by atoms with Gasteiger partial charge in [0.05, 0.1) is 12.7 Å². The van der Waals surface area contributed by atoms with E-state index in [9.17, 15) is 18.0 Å². The molecule has 1 aliphatic carbocycles. The van der Waals surface area contributed by atoms with Crippen LogP contribution in [0.5, 0.6) is 0 Å². The third-order valence-electron chi connectivity index (χ3n) is 2.63. The second-order valence-electron chi connectivity index (χ2n) is 3.75. The zero-order chi connectivity index (χ0) is 12.6. The summed E-state index contributed by atoms with van der Waals surface area (Å²) in [5.74, 6) is -0.505. The molecular weight excluding hydrogens is 233 g/mol. The number of rotatable bonds is 1. The van der Waals surface area contributed by atoms with Gasteiger partial charge in [0.2, 0.25) is 0 Å². The maximum atomic E-state index is 12.5. The lowest BCUT2D eigenvalue weighted by Crippen LogP contribution is -2.05. The second kappa shape index (κ2) is 3.91. The Morgan fingerprint density at radius 3 is 2.65 bits per heavy atom. The van der Waals surface area contributed by atoms with Crippen molar-refractivity contribution in [1.82, 2.24) is 0 Å². The van der Waals surface area contributed by atoms with Gasteiger partial charge in [0.25, 0.3) is 0 Å². The zero-order valence-corrected chi connectivity index (χ0v) is 8.97. The van der Waals surface area contributed by atoms with Crippen LogP contribution < -0.4 is 0 Å². The second-order valence-corrected chi connectivity index (χ2v) is 3.75. The summed E-state index contributed by atoms with van der Waals surface area (Å²) in [4.78, 5) is 11.3. The zero-order valence-electron chi connectivity index (χ0n) is 8.97. The quantitative estimate of drug-likeness (QED) is 0.708. The minimum atomic E-state index is -4.36. The number of hydrogen-bond acceptors (Lipinski definition) is 2. The summed E-state index contributed by atoms with van der Waals surface area (Å²) < 4.78 is 41.9. The summed E-state index contributed by atoms with van der Waals surface area (Å²) in [6.45, 7) is 0. The summed E-state index contributed by atoms with van der Waals surface area (Å²) in [7, 11) is 1.24. The molecule has 0 aliphatic heterocycles. The largest absolute Gasteiger partial charge is 0.466 e. The van der Waals surface area contributed by atoms with Crippen LogP contribution in [0, 0.1) is 0 Å². The van der Waals surface area contributed by atoms with Crippen molar-refractivity contribution in [2.75, 3.05) is 7.11 Å². The van der Waals surface area contributed by atoms with Gasteiger partial charge in [-0.3, -0.25) is 0 Å². The summed E-state index contributed by atoms with van der Waals surface area (Å²) in [5, 5.41) is 0. The average Bonchev–Trinajstić information content (AvgIpc) is 2.69. The van der Waals surface area contributed by atoms with Crippen LogP contribution >= 0.6 is 0 Å². The first-order chi connectivity index (χ1) is 7.91. The number of benzene rings is 1. The van der Waals surface area contributed by atoms with Gasteiger partial charge < -0.3 is 4.74 Å².